The number of hydrogen-bond donors (Lipinski definition) is 1. The number of ether oxygens (including phenoxy) is 7. The van der Waals surface area contributed by atoms with Crippen LogP contribution in [0.1, 0.15) is 124 Å². The van der Waals surface area contributed by atoms with E-state index in [1.807, 2.05) is 0 Å². The minimum absolute atomic E-state index is 0.152. The number of rotatable bonds is 13. The van der Waals surface area contributed by atoms with Crippen LogP contribution in [0.25, 0.3) is 0 Å². The quantitative estimate of drug-likeness (QED) is 0.141. The molecule has 1 aliphatic heterocycles. The Hall–Kier alpha value is -3.03. The van der Waals surface area contributed by atoms with Crippen LogP contribution >= 0.6 is 0 Å². The molecule has 0 aliphatic carbocycles. The van der Waals surface area contributed by atoms with Gasteiger partial charge in [-0.3, -0.25) is 24.0 Å². The van der Waals surface area contributed by atoms with Crippen LogP contribution in [0.2, 0.25) is 0 Å². The van der Waals surface area contributed by atoms with Gasteiger partial charge in [-0.2, -0.15) is 0 Å². The third-order valence-corrected chi connectivity index (χ3v) is 7.65. The van der Waals surface area contributed by atoms with Gasteiger partial charge in [-0.1, -0.05) is 6.08 Å². The van der Waals surface area contributed by atoms with Crippen molar-refractivity contribution in [2.24, 2.45) is 21.7 Å². The van der Waals surface area contributed by atoms with E-state index >= 15 is 0 Å². The maximum atomic E-state index is 13.5. The molecule has 0 spiro atoms. The van der Waals surface area contributed by atoms with E-state index in [1.54, 1.807) is 110 Å². The van der Waals surface area contributed by atoms with Gasteiger partial charge >= 0.3 is 29.8 Å². The maximum Gasteiger partial charge on any atom is 0.311 e. The van der Waals surface area contributed by atoms with Crippen molar-refractivity contribution in [3.8, 4) is 0 Å². The Labute approximate surface area is 304 Å². The van der Waals surface area contributed by atoms with Crippen LogP contribution in [0, 0.1) is 21.7 Å². The summed E-state index contributed by atoms with van der Waals surface area (Å²) in [5.74, 6) is -3.08. The van der Waals surface area contributed by atoms with Crippen LogP contribution in [0.3, 0.4) is 0 Å². The molecule has 0 aromatic rings. The zero-order valence-electron chi connectivity index (χ0n) is 33.7. The standard InChI is InChI=1S/C38H64O13/c1-22(24(47-23(2)39)17-19-38(15,16)44)18-20-45-29-28(51-33(43)37(12,13)14)27(50-32(42)36(9,10)11)26(49-31(41)35(6,7)8)25(48-29)21-46-30(40)34(3,4)5/h18,24-29,44H,17,19-21H2,1-16H3/b22-18+/t24-,25+,26+,27-,28+,29+/m0/s1. The largest absolute Gasteiger partial charge is 0.462 e. The van der Waals surface area contributed by atoms with Gasteiger partial charge in [0, 0.05) is 6.92 Å². The molecule has 0 amide bonds. The minimum Gasteiger partial charge on any atom is -0.462 e. The zero-order chi connectivity index (χ0) is 39.9. The molecule has 0 bridgehead atoms. The molecular formula is C38H64O13. The Balaban J connectivity index is 3.78. The Morgan fingerprint density at radius 3 is 1.51 bits per heavy atom. The predicted molar refractivity (Wildman–Crippen MR) is 188 cm³/mol. The number of carbonyl (C=O) groups is 5. The van der Waals surface area contributed by atoms with Crippen LogP contribution in [0.5, 0.6) is 0 Å². The second-order valence-electron chi connectivity index (χ2n) is 18.0. The van der Waals surface area contributed by atoms with Crippen molar-refractivity contribution >= 4 is 29.8 Å². The Kier molecular flexibility index (Phi) is 15.9. The van der Waals surface area contributed by atoms with E-state index in [1.165, 1.54) is 6.92 Å². The molecule has 13 nitrogen and oxygen atoms in total. The highest BCUT2D eigenvalue weighted by Crippen LogP contribution is 2.34. The highest BCUT2D eigenvalue weighted by Gasteiger charge is 2.55. The van der Waals surface area contributed by atoms with Gasteiger partial charge in [0.05, 0.1) is 33.9 Å². The molecule has 0 radical (unpaired) electrons. The van der Waals surface area contributed by atoms with Crippen LogP contribution < -0.4 is 0 Å². The molecule has 294 valence electrons. The molecule has 6 atom stereocenters. The average molecular weight is 729 g/mol. The van der Waals surface area contributed by atoms with E-state index in [-0.39, 0.29) is 6.61 Å². The molecule has 1 rings (SSSR count). The number of carbonyl (C=O) groups excluding carboxylic acids is 5. The summed E-state index contributed by atoms with van der Waals surface area (Å²) in [6.45, 7) is 25.6. The van der Waals surface area contributed by atoms with Gasteiger partial charge in [-0.05, 0) is 122 Å². The lowest BCUT2D eigenvalue weighted by Gasteiger charge is -2.45. The summed E-state index contributed by atoms with van der Waals surface area (Å²) in [6.07, 6.45) is -5.24. The summed E-state index contributed by atoms with van der Waals surface area (Å²) < 4.78 is 41.5. The topological polar surface area (TPSA) is 170 Å². The molecule has 1 fully saturated rings. The first-order valence-corrected chi connectivity index (χ1v) is 17.5. The second kappa shape index (κ2) is 17.7. The normalized spacial score (nSPS) is 22.8. The average Bonchev–Trinajstić information content (AvgIpc) is 2.93. The highest BCUT2D eigenvalue weighted by molar-refractivity contribution is 5.78. The Bertz CT molecular complexity index is 1250. The molecule has 1 N–H and O–H groups in total. The number of hydrogen-bond acceptors (Lipinski definition) is 13. The van der Waals surface area contributed by atoms with Crippen molar-refractivity contribution in [3.05, 3.63) is 11.6 Å². The predicted octanol–water partition coefficient (Wildman–Crippen LogP) is 5.62. The van der Waals surface area contributed by atoms with Crippen LogP contribution in [-0.2, 0) is 57.1 Å². The molecule has 1 aliphatic rings. The SMILES string of the molecule is CC(=O)O[C@@H](CCC(C)(C)O)/C(C)=C/CO[C@@H]1O[C@H](COC(=O)C(C)(C)C)[C@@H](OC(=O)C(C)(C)C)[C@H](OC(=O)C(C)(C)C)[C@H]1OC(=O)C(C)(C)C. The summed E-state index contributed by atoms with van der Waals surface area (Å²) in [7, 11) is 0. The van der Waals surface area contributed by atoms with Crippen LogP contribution in [0.15, 0.2) is 11.6 Å². The van der Waals surface area contributed by atoms with E-state index in [4.69, 9.17) is 33.2 Å². The van der Waals surface area contributed by atoms with Crippen molar-refractivity contribution in [3.63, 3.8) is 0 Å². The maximum absolute atomic E-state index is 13.5. The first-order chi connectivity index (χ1) is 22.8. The monoisotopic (exact) mass is 728 g/mol. The molecule has 0 unspecified atom stereocenters. The minimum atomic E-state index is -1.45. The molecule has 13 heteroatoms. The lowest BCUT2D eigenvalue weighted by atomic mass is 9.93. The van der Waals surface area contributed by atoms with Crippen molar-refractivity contribution in [1.82, 2.24) is 0 Å². The Morgan fingerprint density at radius 1 is 0.667 bits per heavy atom. The zero-order valence-corrected chi connectivity index (χ0v) is 33.7. The fourth-order valence-electron chi connectivity index (χ4n) is 4.29. The lowest BCUT2D eigenvalue weighted by molar-refractivity contribution is -0.310. The molecule has 51 heavy (non-hydrogen) atoms. The van der Waals surface area contributed by atoms with Gasteiger partial charge in [0.25, 0.3) is 0 Å². The van der Waals surface area contributed by atoms with E-state index in [2.05, 4.69) is 0 Å². The lowest BCUT2D eigenvalue weighted by Crippen LogP contribution is -2.64. The van der Waals surface area contributed by atoms with Crippen molar-refractivity contribution < 1.29 is 62.2 Å². The van der Waals surface area contributed by atoms with Gasteiger partial charge in [0.1, 0.15) is 18.8 Å². The first kappa shape index (κ1) is 46.0. The summed E-state index contributed by atoms with van der Waals surface area (Å²) in [5, 5.41) is 10.3. The van der Waals surface area contributed by atoms with Gasteiger partial charge < -0.3 is 38.3 Å². The smallest absolute Gasteiger partial charge is 0.311 e. The highest BCUT2D eigenvalue weighted by atomic mass is 16.7. The fourth-order valence-corrected chi connectivity index (χ4v) is 4.29. The summed E-state index contributed by atoms with van der Waals surface area (Å²) >= 11 is 0. The molecule has 1 heterocycles. The van der Waals surface area contributed by atoms with E-state index in [0.29, 0.717) is 18.4 Å². The molecule has 0 aromatic heterocycles. The van der Waals surface area contributed by atoms with Crippen LogP contribution in [-0.4, -0.2) is 90.6 Å². The van der Waals surface area contributed by atoms with Gasteiger partial charge in [0.15, 0.2) is 24.6 Å². The number of esters is 5. The molecular weight excluding hydrogens is 664 g/mol. The third kappa shape index (κ3) is 15.6. The van der Waals surface area contributed by atoms with Crippen molar-refractivity contribution in [2.75, 3.05) is 13.2 Å². The van der Waals surface area contributed by atoms with Gasteiger partial charge in [-0.15, -0.1) is 0 Å². The number of aliphatic hydroxyl groups is 1. The Morgan fingerprint density at radius 2 is 1.10 bits per heavy atom. The molecule has 1 saturated heterocycles. The van der Waals surface area contributed by atoms with Crippen molar-refractivity contribution in [1.29, 1.82) is 0 Å². The first-order valence-electron chi connectivity index (χ1n) is 17.5. The van der Waals surface area contributed by atoms with Crippen LogP contribution in [0.4, 0.5) is 0 Å². The molecule has 0 aromatic carbocycles. The summed E-state index contributed by atoms with van der Waals surface area (Å²) in [5.41, 5.74) is -4.27. The summed E-state index contributed by atoms with van der Waals surface area (Å²) in [4.78, 5) is 64.9. The molecule has 0 saturated carbocycles. The van der Waals surface area contributed by atoms with E-state index in [0.717, 1.165) is 0 Å². The van der Waals surface area contributed by atoms with Gasteiger partial charge in [-0.25, -0.2) is 0 Å². The second-order valence-corrected chi connectivity index (χ2v) is 18.0. The van der Waals surface area contributed by atoms with E-state index < -0.39 is 101 Å². The fraction of sp³-hybridized carbons (Fsp3) is 0.816. The van der Waals surface area contributed by atoms with E-state index in [9.17, 15) is 29.1 Å². The summed E-state index contributed by atoms with van der Waals surface area (Å²) in [6, 6.07) is 0. The third-order valence-electron chi connectivity index (χ3n) is 7.65. The van der Waals surface area contributed by atoms with Gasteiger partial charge in [0.2, 0.25) is 0 Å². The van der Waals surface area contributed by atoms with Crippen molar-refractivity contribution in [2.45, 2.75) is 166 Å².